The van der Waals surface area contributed by atoms with E-state index in [0.29, 0.717) is 23.6 Å². The lowest BCUT2D eigenvalue weighted by molar-refractivity contribution is 0.0940. The summed E-state index contributed by atoms with van der Waals surface area (Å²) in [4.78, 5) is 12.4. The lowest BCUT2D eigenvalue weighted by atomic mass is 10.2. The van der Waals surface area contributed by atoms with Gasteiger partial charge in [0.15, 0.2) is 0 Å². The summed E-state index contributed by atoms with van der Waals surface area (Å²) in [6.45, 7) is 2.37. The first-order valence-corrected chi connectivity index (χ1v) is 6.59. The van der Waals surface area contributed by atoms with Crippen LogP contribution in [0.4, 0.5) is 0 Å². The van der Waals surface area contributed by atoms with Crippen LogP contribution in [-0.2, 0) is 0 Å². The second-order valence-corrected chi connectivity index (χ2v) is 4.98. The van der Waals surface area contributed by atoms with E-state index in [0.717, 1.165) is 5.56 Å². The molecular weight excluding hydrogens is 250 g/mol. The van der Waals surface area contributed by atoms with Crippen LogP contribution in [0.1, 0.15) is 33.5 Å². The molecule has 0 bridgehead atoms. The number of amides is 1. The third-order valence-corrected chi connectivity index (χ3v) is 3.58. The van der Waals surface area contributed by atoms with Gasteiger partial charge in [-0.25, -0.2) is 0 Å². The zero-order valence-corrected chi connectivity index (χ0v) is 10.9. The molecule has 4 nitrogen and oxygen atoms in total. The van der Waals surface area contributed by atoms with Crippen LogP contribution in [0.2, 0.25) is 0 Å². The Balaban J connectivity index is 1.77. The number of thiophene rings is 1. The highest BCUT2D eigenvalue weighted by Crippen LogP contribution is 2.16. The normalized spacial score (nSPS) is 12.3. The van der Waals surface area contributed by atoms with Crippen molar-refractivity contribution in [3.8, 4) is 0 Å². The maximum atomic E-state index is 11.7. The molecule has 0 aromatic carbocycles. The van der Waals surface area contributed by atoms with Crippen LogP contribution in [0.15, 0.2) is 34.3 Å². The van der Waals surface area contributed by atoms with E-state index < -0.39 is 6.10 Å². The molecule has 0 radical (unpaired) electrons. The van der Waals surface area contributed by atoms with Crippen molar-refractivity contribution >= 4 is 17.2 Å². The molecule has 1 amide bonds. The van der Waals surface area contributed by atoms with Gasteiger partial charge in [-0.3, -0.25) is 4.79 Å². The molecule has 0 aliphatic rings. The third kappa shape index (κ3) is 3.21. The van der Waals surface area contributed by atoms with Gasteiger partial charge in [-0.05, 0) is 42.5 Å². The molecule has 5 heteroatoms. The van der Waals surface area contributed by atoms with E-state index in [1.165, 1.54) is 17.6 Å². The van der Waals surface area contributed by atoms with Crippen molar-refractivity contribution < 1.29 is 14.3 Å². The number of aliphatic hydroxyl groups excluding tert-OH is 1. The molecule has 2 rings (SSSR count). The highest BCUT2D eigenvalue weighted by Gasteiger charge is 2.12. The summed E-state index contributed by atoms with van der Waals surface area (Å²) in [5.74, 6) is 0.427. The minimum atomic E-state index is -0.676. The highest BCUT2D eigenvalue weighted by molar-refractivity contribution is 7.12. The van der Waals surface area contributed by atoms with Crippen LogP contribution in [0.5, 0.6) is 0 Å². The number of aryl methyl sites for hydroxylation is 1. The summed E-state index contributed by atoms with van der Waals surface area (Å²) < 4.78 is 5.08. The van der Waals surface area contributed by atoms with Crippen molar-refractivity contribution in [3.05, 3.63) is 46.0 Å². The first kappa shape index (κ1) is 12.9. The monoisotopic (exact) mass is 265 g/mol. The van der Waals surface area contributed by atoms with Gasteiger partial charge in [0, 0.05) is 6.54 Å². The minimum Gasteiger partial charge on any atom is -0.467 e. The zero-order chi connectivity index (χ0) is 13.0. The molecular formula is C13H15NO3S. The average molecular weight is 265 g/mol. The first-order valence-electron chi connectivity index (χ1n) is 5.71. The maximum absolute atomic E-state index is 11.7. The topological polar surface area (TPSA) is 62.5 Å². The Morgan fingerprint density at radius 3 is 3.06 bits per heavy atom. The largest absolute Gasteiger partial charge is 0.467 e. The fraction of sp³-hybridized carbons (Fsp3) is 0.308. The van der Waals surface area contributed by atoms with Gasteiger partial charge >= 0.3 is 0 Å². The average Bonchev–Trinajstić information content (AvgIpc) is 2.99. The SMILES string of the molecule is Cc1csc(C(=O)NCCC(O)c2ccco2)c1. The van der Waals surface area contributed by atoms with E-state index >= 15 is 0 Å². The van der Waals surface area contributed by atoms with Gasteiger partial charge in [0.2, 0.25) is 0 Å². The first-order chi connectivity index (χ1) is 8.66. The number of rotatable bonds is 5. The maximum Gasteiger partial charge on any atom is 0.261 e. The Kier molecular flexibility index (Phi) is 4.17. The molecule has 0 aliphatic carbocycles. The van der Waals surface area contributed by atoms with Crippen LogP contribution in [0.3, 0.4) is 0 Å². The molecule has 0 saturated heterocycles. The number of furan rings is 1. The number of hydrogen-bond donors (Lipinski definition) is 2. The van der Waals surface area contributed by atoms with Gasteiger partial charge in [0.05, 0.1) is 11.1 Å². The number of carbonyl (C=O) groups excluding carboxylic acids is 1. The van der Waals surface area contributed by atoms with E-state index in [1.54, 1.807) is 12.1 Å². The molecule has 2 N–H and O–H groups in total. The summed E-state index contributed by atoms with van der Waals surface area (Å²) >= 11 is 1.42. The molecule has 2 aromatic rings. The van der Waals surface area contributed by atoms with Crippen LogP contribution < -0.4 is 5.32 Å². The van der Waals surface area contributed by atoms with Crippen molar-refractivity contribution in [3.63, 3.8) is 0 Å². The quantitative estimate of drug-likeness (QED) is 0.873. The van der Waals surface area contributed by atoms with Crippen LogP contribution in [0, 0.1) is 6.92 Å². The van der Waals surface area contributed by atoms with Crippen LogP contribution in [-0.4, -0.2) is 17.6 Å². The van der Waals surface area contributed by atoms with Gasteiger partial charge in [-0.2, -0.15) is 0 Å². The van der Waals surface area contributed by atoms with E-state index in [9.17, 15) is 9.90 Å². The Morgan fingerprint density at radius 1 is 1.61 bits per heavy atom. The standard InChI is InChI=1S/C13H15NO3S/c1-9-7-12(18-8-9)13(16)14-5-4-10(15)11-3-2-6-17-11/h2-3,6-8,10,15H,4-5H2,1H3,(H,14,16). The van der Waals surface area contributed by atoms with Gasteiger partial charge in [-0.15, -0.1) is 11.3 Å². The van der Waals surface area contributed by atoms with Gasteiger partial charge < -0.3 is 14.8 Å². The van der Waals surface area contributed by atoms with E-state index in [4.69, 9.17) is 4.42 Å². The predicted octanol–water partition coefficient (Wildman–Crippen LogP) is 2.50. The van der Waals surface area contributed by atoms with Crippen molar-refractivity contribution in [2.24, 2.45) is 0 Å². The number of nitrogens with one attached hydrogen (secondary N) is 1. The second kappa shape index (κ2) is 5.84. The fourth-order valence-corrected chi connectivity index (χ4v) is 2.40. The van der Waals surface area contributed by atoms with Crippen LogP contribution in [0.25, 0.3) is 0 Å². The smallest absolute Gasteiger partial charge is 0.261 e. The minimum absolute atomic E-state index is 0.0975. The fourth-order valence-electron chi connectivity index (χ4n) is 1.58. The number of carbonyl (C=O) groups is 1. The van der Waals surface area contributed by atoms with E-state index in [1.807, 2.05) is 18.4 Å². The van der Waals surface area contributed by atoms with Gasteiger partial charge in [0.1, 0.15) is 11.9 Å². The van der Waals surface area contributed by atoms with Gasteiger partial charge in [0.25, 0.3) is 5.91 Å². The summed E-state index contributed by atoms with van der Waals surface area (Å²) in [7, 11) is 0. The van der Waals surface area contributed by atoms with Gasteiger partial charge in [-0.1, -0.05) is 0 Å². The van der Waals surface area contributed by atoms with Crippen molar-refractivity contribution in [2.45, 2.75) is 19.4 Å². The third-order valence-electron chi connectivity index (χ3n) is 2.53. The number of hydrogen-bond acceptors (Lipinski definition) is 4. The Labute approximate surface area is 109 Å². The molecule has 18 heavy (non-hydrogen) atoms. The predicted molar refractivity (Wildman–Crippen MR) is 69.7 cm³/mol. The molecule has 1 atom stereocenters. The van der Waals surface area contributed by atoms with Crippen LogP contribution >= 0.6 is 11.3 Å². The number of aliphatic hydroxyl groups is 1. The van der Waals surface area contributed by atoms with Crippen molar-refractivity contribution in [1.29, 1.82) is 0 Å². The second-order valence-electron chi connectivity index (χ2n) is 4.06. The molecule has 2 heterocycles. The summed E-state index contributed by atoms with van der Waals surface area (Å²) in [6, 6.07) is 5.30. The van der Waals surface area contributed by atoms with Crippen molar-refractivity contribution in [1.82, 2.24) is 5.32 Å². The van der Waals surface area contributed by atoms with E-state index in [-0.39, 0.29) is 5.91 Å². The summed E-state index contributed by atoms with van der Waals surface area (Å²) in [5, 5.41) is 14.5. The molecule has 0 fully saturated rings. The summed E-state index contributed by atoms with van der Waals surface area (Å²) in [5.41, 5.74) is 1.08. The molecule has 1 unspecified atom stereocenters. The molecule has 2 aromatic heterocycles. The van der Waals surface area contributed by atoms with Crippen molar-refractivity contribution in [2.75, 3.05) is 6.54 Å². The molecule has 96 valence electrons. The molecule has 0 spiro atoms. The Morgan fingerprint density at radius 2 is 2.44 bits per heavy atom. The van der Waals surface area contributed by atoms with E-state index in [2.05, 4.69) is 5.32 Å². The molecule has 0 aliphatic heterocycles. The molecule has 0 saturated carbocycles. The summed E-state index contributed by atoms with van der Waals surface area (Å²) in [6.07, 6.45) is 1.28. The lowest BCUT2D eigenvalue weighted by Gasteiger charge is -2.08. The lowest BCUT2D eigenvalue weighted by Crippen LogP contribution is -2.24. The highest BCUT2D eigenvalue weighted by atomic mass is 32.1. The zero-order valence-electron chi connectivity index (χ0n) is 10.1. The Bertz CT molecular complexity index is 504. The Hall–Kier alpha value is -1.59.